The van der Waals surface area contributed by atoms with E-state index in [9.17, 15) is 0 Å². The van der Waals surface area contributed by atoms with Gasteiger partial charge in [-0.3, -0.25) is 4.99 Å². The van der Waals surface area contributed by atoms with Gasteiger partial charge in [0.15, 0.2) is 0 Å². The van der Waals surface area contributed by atoms with Crippen LogP contribution in [0.2, 0.25) is 0 Å². The minimum Gasteiger partial charge on any atom is -0.264 e. The summed E-state index contributed by atoms with van der Waals surface area (Å²) in [4.78, 5) is 3.97. The molecule has 0 aliphatic rings. The van der Waals surface area contributed by atoms with Gasteiger partial charge in [0.1, 0.15) is 0 Å². The van der Waals surface area contributed by atoms with Crippen LogP contribution in [0.1, 0.15) is 55.4 Å². The Balaban J connectivity index is -0.000000187. The number of rotatable bonds is 5. The van der Waals surface area contributed by atoms with Crippen molar-refractivity contribution in [1.82, 2.24) is 0 Å². The number of aliphatic imine (C=N–C) groups is 1. The monoisotopic (exact) mass is 277 g/mol. The third-order valence-corrected chi connectivity index (χ3v) is 1.80. The Morgan fingerprint density at radius 3 is 1.60 bits per heavy atom. The lowest BCUT2D eigenvalue weighted by Crippen LogP contribution is -1.86. The van der Waals surface area contributed by atoms with Crippen LogP contribution in [-0.2, 0) is 0 Å². The quantitative estimate of drug-likeness (QED) is 0.382. The van der Waals surface area contributed by atoms with Crippen LogP contribution in [0.15, 0.2) is 65.4 Å². The van der Waals surface area contributed by atoms with Gasteiger partial charge in [0.25, 0.3) is 0 Å². The number of allylic oxidation sites excluding steroid dienone is 6. The van der Waals surface area contributed by atoms with Crippen molar-refractivity contribution in [2.75, 3.05) is 0 Å². The highest BCUT2D eigenvalue weighted by Gasteiger charge is 2.00. The molecule has 0 N–H and O–H groups in total. The van der Waals surface area contributed by atoms with Gasteiger partial charge in [-0.25, -0.2) is 0 Å². The van der Waals surface area contributed by atoms with E-state index in [1.54, 1.807) is 12.2 Å². The predicted molar refractivity (Wildman–Crippen MR) is 99.6 cm³/mol. The minimum absolute atomic E-state index is 0.827. The highest BCUT2D eigenvalue weighted by atomic mass is 14.7. The zero-order valence-electron chi connectivity index (χ0n) is 15.0. The summed E-state index contributed by atoms with van der Waals surface area (Å²) in [6.45, 7) is 26.9. The molecule has 0 aliphatic carbocycles. The molecule has 0 saturated heterocycles. The standard InChI is InChI=1S/C13H17N.3C2H6/c1-6-9-10-12(8-3)13(14-5)11(4)7-2;3*1-2/h6-10H,2-3,5H2,1,4H3;3*1-2H3/b9-6-,12-10+,13-11-;;;. The van der Waals surface area contributed by atoms with E-state index in [0.29, 0.717) is 0 Å². The van der Waals surface area contributed by atoms with E-state index in [-0.39, 0.29) is 0 Å². The first-order chi connectivity index (χ1) is 9.71. The fourth-order valence-electron chi connectivity index (χ4n) is 0.984. The largest absolute Gasteiger partial charge is 0.264 e. The first kappa shape index (κ1) is 26.8. The van der Waals surface area contributed by atoms with Gasteiger partial charge in [0.2, 0.25) is 0 Å². The van der Waals surface area contributed by atoms with Crippen LogP contribution in [0.5, 0.6) is 0 Å². The summed E-state index contributed by atoms with van der Waals surface area (Å²) < 4.78 is 0. The molecule has 0 amide bonds. The van der Waals surface area contributed by atoms with Crippen LogP contribution in [0, 0.1) is 0 Å². The molecule has 0 rings (SSSR count). The van der Waals surface area contributed by atoms with E-state index in [1.807, 2.05) is 73.6 Å². The second-order valence-electron chi connectivity index (χ2n) is 2.75. The van der Waals surface area contributed by atoms with Gasteiger partial charge < -0.3 is 0 Å². The summed E-state index contributed by atoms with van der Waals surface area (Å²) in [5.41, 5.74) is 2.78. The Morgan fingerprint density at radius 2 is 1.35 bits per heavy atom. The molecule has 0 heterocycles. The van der Waals surface area contributed by atoms with Gasteiger partial charge in [0.05, 0.1) is 5.70 Å². The van der Waals surface area contributed by atoms with E-state index in [1.165, 1.54) is 0 Å². The molecule has 0 radical (unpaired) electrons. The first-order valence-electron chi connectivity index (χ1n) is 7.47. The van der Waals surface area contributed by atoms with E-state index in [4.69, 9.17) is 0 Å². The van der Waals surface area contributed by atoms with Crippen LogP contribution in [-0.4, -0.2) is 6.72 Å². The Kier molecular flexibility index (Phi) is 34.9. The SMILES string of the molecule is C=C/C(C)=C(N=C)/C(C=C)=C/C=C\C.CC.CC.CC. The summed E-state index contributed by atoms with van der Waals surface area (Å²) in [7, 11) is 0. The second-order valence-corrected chi connectivity index (χ2v) is 2.75. The van der Waals surface area contributed by atoms with Crippen molar-refractivity contribution >= 4 is 6.72 Å². The molecule has 0 spiro atoms. The number of hydrogen-bond donors (Lipinski definition) is 0. The van der Waals surface area contributed by atoms with Gasteiger partial charge in [-0.15, -0.1) is 0 Å². The molecule has 1 heteroatoms. The van der Waals surface area contributed by atoms with Gasteiger partial charge in [-0.2, -0.15) is 0 Å². The van der Waals surface area contributed by atoms with Gasteiger partial charge in [-0.05, 0) is 31.7 Å². The van der Waals surface area contributed by atoms with Crippen LogP contribution in [0.4, 0.5) is 0 Å². The van der Waals surface area contributed by atoms with Crippen molar-refractivity contribution in [3.05, 3.63) is 60.4 Å². The maximum absolute atomic E-state index is 3.97. The van der Waals surface area contributed by atoms with E-state index in [2.05, 4.69) is 24.9 Å². The molecule has 0 aromatic rings. The molecule has 0 unspecified atom stereocenters. The molecule has 1 nitrogen and oxygen atoms in total. The van der Waals surface area contributed by atoms with Crippen LogP contribution in [0.25, 0.3) is 0 Å². The van der Waals surface area contributed by atoms with Crippen molar-refractivity contribution in [1.29, 1.82) is 0 Å². The smallest absolute Gasteiger partial charge is 0.0723 e. The molecule has 0 aromatic heterocycles. The maximum Gasteiger partial charge on any atom is 0.0723 e. The molecular formula is C19H35N. The highest BCUT2D eigenvalue weighted by Crippen LogP contribution is 2.17. The zero-order valence-corrected chi connectivity index (χ0v) is 15.0. The molecule has 0 aromatic carbocycles. The summed E-state index contributed by atoms with van der Waals surface area (Å²) in [5.74, 6) is 0. The summed E-state index contributed by atoms with van der Waals surface area (Å²) in [6, 6.07) is 0. The van der Waals surface area contributed by atoms with Gasteiger partial charge in [-0.1, -0.05) is 85.1 Å². The fourth-order valence-corrected chi connectivity index (χ4v) is 0.984. The number of nitrogens with zero attached hydrogens (tertiary/aromatic N) is 1. The summed E-state index contributed by atoms with van der Waals surface area (Å²) in [5, 5.41) is 0. The molecule has 0 fully saturated rings. The van der Waals surface area contributed by atoms with Crippen molar-refractivity contribution in [3.63, 3.8) is 0 Å². The highest BCUT2D eigenvalue weighted by molar-refractivity contribution is 5.49. The Bertz CT molecular complexity index is 315. The first-order valence-corrected chi connectivity index (χ1v) is 7.47. The van der Waals surface area contributed by atoms with Crippen LogP contribution >= 0.6 is 0 Å². The summed E-state index contributed by atoms with van der Waals surface area (Å²) >= 11 is 0. The van der Waals surface area contributed by atoms with Gasteiger partial charge >= 0.3 is 0 Å². The minimum atomic E-state index is 0.827. The normalized spacial score (nSPS) is 10.5. The second kappa shape index (κ2) is 26.0. The predicted octanol–water partition coefficient (Wildman–Crippen LogP) is 6.91. The van der Waals surface area contributed by atoms with E-state index < -0.39 is 0 Å². The molecule has 0 bridgehead atoms. The van der Waals surface area contributed by atoms with Crippen molar-refractivity contribution in [2.24, 2.45) is 4.99 Å². The molecule has 116 valence electrons. The summed E-state index contributed by atoms with van der Waals surface area (Å²) in [6.07, 6.45) is 9.37. The fraction of sp³-hybridized carbons (Fsp3) is 0.421. The Labute approximate surface area is 128 Å². The molecule has 0 aliphatic heterocycles. The topological polar surface area (TPSA) is 12.4 Å². The molecule has 0 atom stereocenters. The lowest BCUT2D eigenvalue weighted by Gasteiger charge is -2.04. The van der Waals surface area contributed by atoms with E-state index in [0.717, 1.165) is 16.8 Å². The van der Waals surface area contributed by atoms with Crippen molar-refractivity contribution in [2.45, 2.75) is 55.4 Å². The lowest BCUT2D eigenvalue weighted by atomic mass is 10.1. The Hall–Kier alpha value is -1.63. The maximum atomic E-state index is 3.97. The average molecular weight is 277 g/mol. The van der Waals surface area contributed by atoms with Crippen LogP contribution in [0.3, 0.4) is 0 Å². The van der Waals surface area contributed by atoms with Crippen molar-refractivity contribution < 1.29 is 0 Å². The third-order valence-electron chi connectivity index (χ3n) is 1.80. The number of hydrogen-bond acceptors (Lipinski definition) is 1. The van der Waals surface area contributed by atoms with E-state index >= 15 is 0 Å². The Morgan fingerprint density at radius 1 is 0.900 bits per heavy atom. The average Bonchev–Trinajstić information content (AvgIpc) is 2.56. The van der Waals surface area contributed by atoms with Crippen molar-refractivity contribution in [3.8, 4) is 0 Å². The van der Waals surface area contributed by atoms with Gasteiger partial charge in [0, 0.05) is 0 Å². The zero-order chi connectivity index (χ0) is 17.0. The third kappa shape index (κ3) is 14.4. The van der Waals surface area contributed by atoms with Crippen LogP contribution < -0.4 is 0 Å². The molecular weight excluding hydrogens is 242 g/mol. The molecule has 0 saturated carbocycles. The lowest BCUT2D eigenvalue weighted by molar-refractivity contribution is 1.28. The molecule has 20 heavy (non-hydrogen) atoms.